The lowest BCUT2D eigenvalue weighted by Crippen LogP contribution is -2.48. The molecule has 0 radical (unpaired) electrons. The molecule has 1 amide bonds. The van der Waals surface area contributed by atoms with Gasteiger partial charge in [0.1, 0.15) is 36.5 Å². The number of anilines is 2. The van der Waals surface area contributed by atoms with Crippen LogP contribution in [0, 0.1) is 11.3 Å². The number of nitrogens with two attached hydrogens (primary N) is 1. The number of alkyl halides is 1. The summed E-state index contributed by atoms with van der Waals surface area (Å²) in [6.07, 6.45) is 5.22. The van der Waals surface area contributed by atoms with Crippen LogP contribution in [0.3, 0.4) is 0 Å². The number of rotatable bonds is 6. The van der Waals surface area contributed by atoms with E-state index < -0.39 is 18.1 Å². The average Bonchev–Trinajstić information content (AvgIpc) is 2.81. The fraction of sp³-hybridized carbons (Fsp3) is 0.286. The molecule has 0 unspecified atom stereocenters. The molecule has 11 heteroatoms. The van der Waals surface area contributed by atoms with Crippen LogP contribution in [0.2, 0.25) is 0 Å². The first-order valence-corrected chi connectivity index (χ1v) is 9.95. The van der Waals surface area contributed by atoms with Gasteiger partial charge in [0.05, 0.1) is 41.5 Å². The fourth-order valence-electron chi connectivity index (χ4n) is 3.54. The number of hydrogen-bond donors (Lipinski definition) is 2. The van der Waals surface area contributed by atoms with Gasteiger partial charge in [0, 0.05) is 18.9 Å². The van der Waals surface area contributed by atoms with Crippen molar-refractivity contribution in [1.82, 2.24) is 24.9 Å². The molecule has 2 atom stereocenters. The number of aromatic nitrogens is 5. The third-order valence-corrected chi connectivity index (χ3v) is 5.20. The lowest BCUT2D eigenvalue weighted by molar-refractivity contribution is 0.100. The molecular weight excluding hydrogens is 413 g/mol. The summed E-state index contributed by atoms with van der Waals surface area (Å²) in [5.41, 5.74) is 7.17. The van der Waals surface area contributed by atoms with E-state index in [1.165, 1.54) is 25.0 Å². The second-order valence-corrected chi connectivity index (χ2v) is 7.34. The van der Waals surface area contributed by atoms with Crippen molar-refractivity contribution in [3.05, 3.63) is 65.9 Å². The standard InChI is InChI=1S/C21H20FN9O/c22-16-10-31(20-2-1-13(7-23)8-27-20)4-3-17(16)30-18-5-14(26-9-15(18)21(24)32)6-19-28-11-25-12-29-19/h1-2,5,8-9,11-12,16-17H,3-4,6,10H2,(H2,24,32)(H,26,30)/t16-,17+/m0/s1. The van der Waals surface area contributed by atoms with Crippen molar-refractivity contribution in [1.29, 1.82) is 5.26 Å². The molecule has 1 aliphatic heterocycles. The van der Waals surface area contributed by atoms with Crippen molar-refractivity contribution in [3.63, 3.8) is 0 Å². The van der Waals surface area contributed by atoms with E-state index in [0.717, 1.165) is 0 Å². The Morgan fingerprint density at radius 1 is 1.25 bits per heavy atom. The molecule has 0 bridgehead atoms. The number of nitriles is 1. The van der Waals surface area contributed by atoms with Crippen LogP contribution in [0.1, 0.15) is 33.9 Å². The number of amides is 1. The number of halogens is 1. The summed E-state index contributed by atoms with van der Waals surface area (Å²) >= 11 is 0. The van der Waals surface area contributed by atoms with Gasteiger partial charge < -0.3 is 16.0 Å². The molecule has 3 aromatic heterocycles. The van der Waals surface area contributed by atoms with Gasteiger partial charge in [0.25, 0.3) is 5.91 Å². The predicted octanol–water partition coefficient (Wildman–Crippen LogP) is 1.25. The molecular formula is C21H20FN9O. The van der Waals surface area contributed by atoms with Crippen LogP contribution >= 0.6 is 0 Å². The van der Waals surface area contributed by atoms with Crippen LogP contribution < -0.4 is 16.0 Å². The number of pyridine rings is 2. The Labute approximate surface area is 183 Å². The normalized spacial score (nSPS) is 18.1. The van der Waals surface area contributed by atoms with Crippen LogP contribution in [0.4, 0.5) is 15.9 Å². The first-order chi connectivity index (χ1) is 15.5. The first kappa shape index (κ1) is 21.0. The van der Waals surface area contributed by atoms with Crippen molar-refractivity contribution >= 4 is 17.4 Å². The Balaban J connectivity index is 1.48. The molecule has 4 heterocycles. The van der Waals surface area contributed by atoms with Gasteiger partial charge in [-0.2, -0.15) is 5.26 Å². The van der Waals surface area contributed by atoms with Gasteiger partial charge in [-0.3, -0.25) is 9.78 Å². The Morgan fingerprint density at radius 3 is 2.72 bits per heavy atom. The summed E-state index contributed by atoms with van der Waals surface area (Å²) in [7, 11) is 0. The number of hydrogen-bond acceptors (Lipinski definition) is 9. The van der Waals surface area contributed by atoms with Crippen molar-refractivity contribution < 1.29 is 9.18 Å². The number of nitrogens with zero attached hydrogens (tertiary/aromatic N) is 7. The number of nitrogens with one attached hydrogen (secondary N) is 1. The van der Waals surface area contributed by atoms with Gasteiger partial charge in [0.2, 0.25) is 0 Å². The quantitative estimate of drug-likeness (QED) is 0.586. The molecule has 32 heavy (non-hydrogen) atoms. The maximum atomic E-state index is 15.1. The first-order valence-electron chi connectivity index (χ1n) is 9.95. The Hall–Kier alpha value is -4.20. The Morgan fingerprint density at radius 2 is 2.06 bits per heavy atom. The fourth-order valence-corrected chi connectivity index (χ4v) is 3.54. The third kappa shape index (κ3) is 4.75. The number of piperidine rings is 1. The van der Waals surface area contributed by atoms with Gasteiger partial charge in [0.15, 0.2) is 0 Å². The van der Waals surface area contributed by atoms with Crippen molar-refractivity contribution in [2.24, 2.45) is 5.73 Å². The van der Waals surface area contributed by atoms with Gasteiger partial charge in [-0.15, -0.1) is 0 Å². The van der Waals surface area contributed by atoms with E-state index in [4.69, 9.17) is 11.0 Å². The highest BCUT2D eigenvalue weighted by atomic mass is 19.1. The van der Waals surface area contributed by atoms with E-state index >= 15 is 4.39 Å². The van der Waals surface area contributed by atoms with Gasteiger partial charge in [-0.25, -0.2) is 24.3 Å². The lowest BCUT2D eigenvalue weighted by Gasteiger charge is -2.36. The largest absolute Gasteiger partial charge is 0.378 e. The third-order valence-electron chi connectivity index (χ3n) is 5.20. The van der Waals surface area contributed by atoms with E-state index in [2.05, 4.69) is 30.2 Å². The summed E-state index contributed by atoms with van der Waals surface area (Å²) < 4.78 is 15.1. The van der Waals surface area contributed by atoms with Crippen LogP contribution in [0.5, 0.6) is 0 Å². The molecule has 1 fully saturated rings. The summed E-state index contributed by atoms with van der Waals surface area (Å²) in [4.78, 5) is 34.1. The minimum atomic E-state index is -1.22. The van der Waals surface area contributed by atoms with Gasteiger partial charge >= 0.3 is 0 Å². The average molecular weight is 433 g/mol. The van der Waals surface area contributed by atoms with Gasteiger partial charge in [-0.05, 0) is 24.6 Å². The second kappa shape index (κ2) is 9.30. The highest BCUT2D eigenvalue weighted by molar-refractivity contribution is 5.98. The van der Waals surface area contributed by atoms with Crippen molar-refractivity contribution in [2.45, 2.75) is 25.1 Å². The molecule has 0 spiro atoms. The van der Waals surface area contributed by atoms with Crippen LogP contribution in [0.15, 0.2) is 43.2 Å². The number of carbonyl (C=O) groups is 1. The maximum absolute atomic E-state index is 15.1. The van der Waals surface area contributed by atoms with Crippen molar-refractivity contribution in [2.75, 3.05) is 23.3 Å². The minimum Gasteiger partial charge on any atom is -0.378 e. The van der Waals surface area contributed by atoms with E-state index in [0.29, 0.717) is 48.0 Å². The molecule has 162 valence electrons. The van der Waals surface area contributed by atoms with Gasteiger partial charge in [-0.1, -0.05) is 0 Å². The van der Waals surface area contributed by atoms with E-state index in [9.17, 15) is 4.79 Å². The minimum absolute atomic E-state index is 0.130. The number of carbonyl (C=O) groups excluding carboxylic acids is 1. The SMILES string of the molecule is N#Cc1ccc(N2CC[C@@H](Nc3cc(Cc4ncncn4)ncc3C(N)=O)[C@@H](F)C2)nc1. The monoisotopic (exact) mass is 433 g/mol. The van der Waals surface area contributed by atoms with E-state index in [-0.39, 0.29) is 12.1 Å². The summed E-state index contributed by atoms with van der Waals surface area (Å²) in [6.45, 7) is 0.691. The summed E-state index contributed by atoms with van der Waals surface area (Å²) in [6, 6.07) is 6.53. The zero-order valence-electron chi connectivity index (χ0n) is 17.0. The zero-order valence-corrected chi connectivity index (χ0v) is 17.0. The predicted molar refractivity (Wildman–Crippen MR) is 113 cm³/mol. The molecule has 0 aromatic carbocycles. The lowest BCUT2D eigenvalue weighted by atomic mass is 10.0. The molecule has 1 saturated heterocycles. The topological polar surface area (TPSA) is 147 Å². The number of primary amides is 1. The molecule has 3 aromatic rings. The summed E-state index contributed by atoms with van der Waals surface area (Å²) in [5, 5.41) is 12.0. The van der Waals surface area contributed by atoms with Crippen molar-refractivity contribution in [3.8, 4) is 6.07 Å². The Kier molecular flexibility index (Phi) is 6.12. The Bertz CT molecular complexity index is 1130. The zero-order chi connectivity index (χ0) is 22.5. The molecule has 1 aliphatic rings. The highest BCUT2D eigenvalue weighted by Crippen LogP contribution is 2.25. The van der Waals surface area contributed by atoms with E-state index in [1.807, 2.05) is 11.0 Å². The van der Waals surface area contributed by atoms with Crippen LogP contribution in [0.25, 0.3) is 0 Å². The molecule has 10 nitrogen and oxygen atoms in total. The second-order valence-electron chi connectivity index (χ2n) is 7.34. The molecule has 0 aliphatic carbocycles. The van der Waals surface area contributed by atoms with E-state index in [1.54, 1.807) is 18.2 Å². The molecule has 3 N–H and O–H groups in total. The highest BCUT2D eigenvalue weighted by Gasteiger charge is 2.30. The maximum Gasteiger partial charge on any atom is 0.252 e. The molecule has 4 rings (SSSR count). The van der Waals surface area contributed by atoms with Crippen LogP contribution in [-0.4, -0.2) is 56.1 Å². The molecule has 0 saturated carbocycles. The smallest absolute Gasteiger partial charge is 0.252 e. The summed E-state index contributed by atoms with van der Waals surface area (Å²) in [5.74, 6) is 0.490. The van der Waals surface area contributed by atoms with Crippen LogP contribution in [-0.2, 0) is 6.42 Å².